The zero-order valence-corrected chi connectivity index (χ0v) is 48.2. The molecule has 2 aromatic rings. The highest BCUT2D eigenvalue weighted by Crippen LogP contribution is 2.34. The molecule has 1 aromatic carbocycles. The van der Waals surface area contributed by atoms with Crippen LogP contribution in [0, 0.1) is 5.92 Å². The number of carbonyl (C=O) groups excluding carboxylic acids is 9. The maximum Gasteiger partial charge on any atom is 0.471 e. The van der Waals surface area contributed by atoms with Crippen molar-refractivity contribution in [2.24, 2.45) is 5.92 Å². The maximum absolute atomic E-state index is 13.6. The highest BCUT2D eigenvalue weighted by Gasteiger charge is 2.57. The van der Waals surface area contributed by atoms with Crippen LogP contribution in [0.2, 0.25) is 0 Å². The number of fused-ring (bicyclic) bond motifs is 3. The molecule has 5 aliphatic rings. The number of hydrogen-bond acceptors (Lipinski definition) is 25. The van der Waals surface area contributed by atoms with Gasteiger partial charge < -0.3 is 97.5 Å². The summed E-state index contributed by atoms with van der Waals surface area (Å²) in [5.74, 6) is -8.64. The van der Waals surface area contributed by atoms with E-state index in [1.807, 2.05) is 0 Å². The fourth-order valence-corrected chi connectivity index (χ4v) is 10.7. The summed E-state index contributed by atoms with van der Waals surface area (Å²) in [6.45, 7) is -4.05. The zero-order valence-electron chi connectivity index (χ0n) is 47.4. The summed E-state index contributed by atoms with van der Waals surface area (Å²) in [4.78, 5) is 114. The van der Waals surface area contributed by atoms with E-state index in [9.17, 15) is 89.9 Å². The first-order valence-electron chi connectivity index (χ1n) is 27.7. The smallest absolute Gasteiger partial charge is 0.471 e. The molecule has 0 spiro atoms. The minimum atomic E-state index is -5.25. The van der Waals surface area contributed by atoms with Gasteiger partial charge in [-0.3, -0.25) is 43.3 Å². The fourth-order valence-electron chi connectivity index (χ4n) is 9.96. The second-order valence-corrected chi connectivity index (χ2v) is 21.5. The molecular weight excluding hydrogens is 1240 g/mol. The van der Waals surface area contributed by atoms with Crippen molar-refractivity contribution in [3.8, 4) is 5.75 Å². The number of halogens is 6. The molecule has 0 radical (unpaired) electrons. The molecule has 1 aromatic heterocycles. The predicted molar refractivity (Wildman–Crippen MR) is 282 cm³/mol. The number of aliphatic hydroxyl groups is 4. The van der Waals surface area contributed by atoms with Gasteiger partial charge in [0.25, 0.3) is 0 Å². The first-order chi connectivity index (χ1) is 42.2. The Hall–Kier alpha value is -6.36. The highest BCUT2D eigenvalue weighted by molar-refractivity contribution is 8.13. The third-order valence-electron chi connectivity index (χ3n) is 14.2. The first kappa shape index (κ1) is 70.1. The molecule has 89 heavy (non-hydrogen) atoms. The molecule has 5 saturated heterocycles. The van der Waals surface area contributed by atoms with E-state index in [1.165, 1.54) is 29.8 Å². The number of carbonyl (C=O) groups is 9. The number of thioether (sulfide) groups is 1. The van der Waals surface area contributed by atoms with E-state index in [0.29, 0.717) is 15.3 Å². The number of morpholine rings is 2. The standard InChI is InChI=1S/C52H66F6N6O24S/c1-27(65)89-26-28-18-37(68)62(45(28)74)4-7-82-29-2-3-32-30(19-29)31(46(75)84-17-15-79-11-13-81-25-36(67)60-21-34-42(71)44(73)40-48(88-34)86-9-6-64(40)50(77)52(56,57)58)22-61(32)23-38(69)83-16-14-78-10-12-80-24-35(66)59-20-33-41(70)43(72)39-47(87-33)85-8-5-63(39)49(76)51(53,54)55/h2-3,19,22,28,33-34,39-44,47-48,70-73H,4-18,20-21,23-26H2,1H3,(H,59,66)(H,60,67)/t28?,33-,34?,39-,40-,41+,42+,43-,44-,47?,48?/m1/s1. The minimum Gasteiger partial charge on any atom is -0.492 e. The summed E-state index contributed by atoms with van der Waals surface area (Å²) in [7, 11) is 0. The Bertz CT molecular complexity index is 2830. The van der Waals surface area contributed by atoms with Crippen molar-refractivity contribution < 1.29 is 142 Å². The topological polar surface area (TPSA) is 375 Å². The van der Waals surface area contributed by atoms with Gasteiger partial charge in [-0.25, -0.2) is 4.79 Å². The second-order valence-electron chi connectivity index (χ2n) is 20.3. The summed E-state index contributed by atoms with van der Waals surface area (Å²) in [5.41, 5.74) is 0.336. The molecule has 30 nitrogen and oxygen atoms in total. The largest absolute Gasteiger partial charge is 0.492 e. The van der Waals surface area contributed by atoms with Crippen LogP contribution in [0.4, 0.5) is 26.3 Å². The van der Waals surface area contributed by atoms with Crippen molar-refractivity contribution in [2.75, 3.05) is 124 Å². The van der Waals surface area contributed by atoms with Crippen LogP contribution in [-0.2, 0) is 92.3 Å². The number of aliphatic hydroxyl groups excluding tert-OH is 4. The SMILES string of the molecule is CC(=O)SCC1CC(=O)N(CCOc2ccc3c(c2)c(C(=O)OCCOCCOCC(=O)NCC2OC4OCCN(C(=O)C(F)(F)F)[C@@H]4[C@@H](O)[C@H]2O)cn3CC(=O)OCCOCCOCC(=O)NC[C@H]2OC3OCCN(C(=O)C(F)(F)F)[C@@H]3[C@@H](O)[C@H]2O)C1=O. The van der Waals surface area contributed by atoms with Gasteiger partial charge >= 0.3 is 36.1 Å². The molecule has 7 rings (SSSR count). The number of aromatic nitrogens is 1. The van der Waals surface area contributed by atoms with Crippen molar-refractivity contribution >= 4 is 75.2 Å². The van der Waals surface area contributed by atoms with Gasteiger partial charge in [0.15, 0.2) is 17.7 Å². The number of alkyl halides is 6. The minimum absolute atomic E-state index is 0.0189. The summed E-state index contributed by atoms with van der Waals surface area (Å²) in [6.07, 6.45) is -22.3. The van der Waals surface area contributed by atoms with Crippen LogP contribution in [-0.4, -0.2) is 290 Å². The van der Waals surface area contributed by atoms with Gasteiger partial charge in [0.05, 0.1) is 70.9 Å². The van der Waals surface area contributed by atoms with Gasteiger partial charge in [0, 0.05) is 62.4 Å². The van der Waals surface area contributed by atoms with Crippen LogP contribution >= 0.6 is 11.8 Å². The van der Waals surface area contributed by atoms with Crippen molar-refractivity contribution in [3.05, 3.63) is 30.0 Å². The lowest BCUT2D eigenvalue weighted by atomic mass is 9.94. The monoisotopic (exact) mass is 1300 g/mol. The molecule has 6 amide bonds. The number of amides is 6. The number of nitrogens with one attached hydrogen (secondary N) is 2. The molecular formula is C52H66F6N6O24S. The Morgan fingerprint density at radius 2 is 1.18 bits per heavy atom. The summed E-state index contributed by atoms with van der Waals surface area (Å²) >= 11 is 0.942. The van der Waals surface area contributed by atoms with Gasteiger partial charge in [-0.05, 0) is 18.2 Å². The average Bonchev–Trinajstić information content (AvgIpc) is 1.45. The van der Waals surface area contributed by atoms with E-state index in [-0.39, 0.29) is 113 Å². The van der Waals surface area contributed by atoms with Gasteiger partial charge in [0.2, 0.25) is 23.6 Å². The van der Waals surface area contributed by atoms with Crippen molar-refractivity contribution in [1.82, 2.24) is 29.9 Å². The van der Waals surface area contributed by atoms with Gasteiger partial charge in [-0.1, -0.05) is 11.8 Å². The number of nitrogens with zero attached hydrogens (tertiary/aromatic N) is 4. The zero-order chi connectivity index (χ0) is 64.7. The Morgan fingerprint density at radius 3 is 1.70 bits per heavy atom. The molecule has 11 atom stereocenters. The highest BCUT2D eigenvalue weighted by atomic mass is 32.2. The Balaban J connectivity index is 0.818. The normalized spacial score (nSPS) is 25.5. The predicted octanol–water partition coefficient (Wildman–Crippen LogP) is -2.85. The Morgan fingerprint density at radius 1 is 0.674 bits per heavy atom. The van der Waals surface area contributed by atoms with E-state index in [4.69, 9.17) is 52.1 Å². The third kappa shape index (κ3) is 18.9. The van der Waals surface area contributed by atoms with Crippen molar-refractivity contribution in [2.45, 2.75) is 93.5 Å². The lowest BCUT2D eigenvalue weighted by Crippen LogP contribution is -2.70. The molecule has 0 aliphatic carbocycles. The summed E-state index contributed by atoms with van der Waals surface area (Å²) in [5, 5.41) is 47.2. The Labute approximate surface area is 505 Å². The van der Waals surface area contributed by atoms with E-state index < -0.39 is 173 Å². The number of rotatable bonds is 29. The number of benzene rings is 1. The molecule has 4 unspecified atom stereocenters. The second kappa shape index (κ2) is 32.1. The average molecular weight is 1310 g/mol. The van der Waals surface area contributed by atoms with Gasteiger partial charge in [-0.2, -0.15) is 26.3 Å². The lowest BCUT2D eigenvalue weighted by Gasteiger charge is -2.49. The third-order valence-corrected chi connectivity index (χ3v) is 15.2. The van der Waals surface area contributed by atoms with E-state index in [2.05, 4.69) is 10.6 Å². The van der Waals surface area contributed by atoms with E-state index in [0.717, 1.165) is 16.7 Å². The molecule has 6 N–H and O–H groups in total. The van der Waals surface area contributed by atoms with Crippen LogP contribution in [0.15, 0.2) is 24.4 Å². The fraction of sp³-hybridized carbons (Fsp3) is 0.673. The van der Waals surface area contributed by atoms with Crippen LogP contribution in [0.3, 0.4) is 0 Å². The number of esters is 2. The molecule has 6 heterocycles. The molecule has 0 bridgehead atoms. The van der Waals surface area contributed by atoms with Crippen LogP contribution in [0.25, 0.3) is 10.9 Å². The first-order valence-corrected chi connectivity index (χ1v) is 28.7. The number of ether oxygens (including phenoxy) is 11. The van der Waals surface area contributed by atoms with E-state index >= 15 is 0 Å². The van der Waals surface area contributed by atoms with Gasteiger partial charge in [-0.15, -0.1) is 0 Å². The van der Waals surface area contributed by atoms with Gasteiger partial charge in [0.1, 0.15) is 94.0 Å². The van der Waals surface area contributed by atoms with Crippen molar-refractivity contribution in [1.29, 1.82) is 0 Å². The summed E-state index contributed by atoms with van der Waals surface area (Å²) < 4.78 is 140. The van der Waals surface area contributed by atoms with Crippen LogP contribution in [0.1, 0.15) is 23.7 Å². The number of likely N-dealkylation sites (tertiary alicyclic amines) is 1. The molecule has 5 aliphatic heterocycles. The summed E-state index contributed by atoms with van der Waals surface area (Å²) in [6, 6.07) is 1.24. The quantitative estimate of drug-likeness (QED) is 0.0207. The molecule has 0 saturated carbocycles. The number of hydrogen-bond donors (Lipinski definition) is 6. The Kier molecular flexibility index (Phi) is 25.3. The lowest BCUT2D eigenvalue weighted by molar-refractivity contribution is -0.300. The number of imide groups is 1. The van der Waals surface area contributed by atoms with Crippen molar-refractivity contribution in [3.63, 3.8) is 0 Å². The van der Waals surface area contributed by atoms with Crippen LogP contribution < -0.4 is 15.4 Å². The van der Waals surface area contributed by atoms with Crippen LogP contribution in [0.5, 0.6) is 5.75 Å². The maximum atomic E-state index is 13.6. The molecule has 5 fully saturated rings. The molecule has 37 heteroatoms. The molecule has 496 valence electrons. The van der Waals surface area contributed by atoms with E-state index in [1.54, 1.807) is 6.07 Å².